The zero-order valence-electron chi connectivity index (χ0n) is 6.53. The summed E-state index contributed by atoms with van der Waals surface area (Å²) in [6.07, 6.45) is 0. The summed E-state index contributed by atoms with van der Waals surface area (Å²) in [6.45, 7) is 1.30. The Hall–Kier alpha value is -1.35. The van der Waals surface area contributed by atoms with Gasteiger partial charge in [-0.3, -0.25) is 0 Å². The third-order valence-corrected chi connectivity index (χ3v) is 2.19. The van der Waals surface area contributed by atoms with Gasteiger partial charge in [-0.15, -0.1) is 0 Å². The number of imidazole rings is 1. The molecule has 12 heavy (non-hydrogen) atoms. The molecule has 0 spiro atoms. The minimum absolute atomic E-state index is 0.648. The topological polar surface area (TPSA) is 27.1 Å². The molecule has 3 heteroatoms. The quantitative estimate of drug-likeness (QED) is 0.584. The summed E-state index contributed by atoms with van der Waals surface area (Å²) in [4.78, 5) is 4.43. The number of hydrogen-bond acceptors (Lipinski definition) is 2. The minimum Gasteiger partial charge on any atom is -0.353 e. The van der Waals surface area contributed by atoms with Gasteiger partial charge in [0.25, 0.3) is 0 Å². The van der Waals surface area contributed by atoms with Crippen molar-refractivity contribution in [2.24, 2.45) is 0 Å². The number of benzene rings is 1. The molecule has 2 aromatic rings. The second kappa shape index (κ2) is 2.08. The largest absolute Gasteiger partial charge is 0.353 e. The zero-order valence-corrected chi connectivity index (χ0v) is 6.53. The second-order valence-electron chi connectivity index (χ2n) is 2.92. The van der Waals surface area contributed by atoms with Gasteiger partial charge in [-0.05, 0) is 12.1 Å². The molecule has 0 saturated carbocycles. The number of para-hydroxylation sites is 2. The van der Waals surface area contributed by atoms with Crippen molar-refractivity contribution in [1.29, 1.82) is 0 Å². The summed E-state index contributed by atoms with van der Waals surface area (Å²) < 4.78 is 7.37. The lowest BCUT2D eigenvalue weighted by Crippen LogP contribution is -1.91. The van der Waals surface area contributed by atoms with E-state index in [0.717, 1.165) is 11.3 Å². The van der Waals surface area contributed by atoms with Crippen molar-refractivity contribution in [1.82, 2.24) is 9.55 Å². The van der Waals surface area contributed by atoms with Crippen LogP contribution in [-0.2, 0) is 18.1 Å². The first-order valence-electron chi connectivity index (χ1n) is 3.97. The van der Waals surface area contributed by atoms with Crippen LogP contribution in [0.25, 0.3) is 11.0 Å². The van der Waals surface area contributed by atoms with Gasteiger partial charge >= 0.3 is 0 Å². The van der Waals surface area contributed by atoms with Crippen LogP contribution in [0.5, 0.6) is 0 Å². The van der Waals surface area contributed by atoms with Crippen molar-refractivity contribution < 1.29 is 4.74 Å². The summed E-state index contributed by atoms with van der Waals surface area (Å²) in [7, 11) is 0. The summed E-state index contributed by atoms with van der Waals surface area (Å²) in [5.74, 6) is 1.04. The predicted molar refractivity (Wildman–Crippen MR) is 44.5 cm³/mol. The van der Waals surface area contributed by atoms with Crippen molar-refractivity contribution in [2.75, 3.05) is 0 Å². The van der Waals surface area contributed by atoms with Crippen molar-refractivity contribution in [3.8, 4) is 0 Å². The van der Waals surface area contributed by atoms with Crippen molar-refractivity contribution >= 4 is 11.0 Å². The molecular formula is C9H8N2O. The van der Waals surface area contributed by atoms with Crippen molar-refractivity contribution in [3.05, 3.63) is 30.1 Å². The van der Waals surface area contributed by atoms with E-state index in [9.17, 15) is 0 Å². The number of ether oxygens (including phenoxy) is 1. The van der Waals surface area contributed by atoms with Crippen LogP contribution in [0.2, 0.25) is 0 Å². The monoisotopic (exact) mass is 160 g/mol. The van der Waals surface area contributed by atoms with E-state index in [-0.39, 0.29) is 0 Å². The maximum atomic E-state index is 5.26. The summed E-state index contributed by atoms with van der Waals surface area (Å²) in [5.41, 5.74) is 2.24. The van der Waals surface area contributed by atoms with E-state index in [1.165, 1.54) is 5.52 Å². The molecule has 3 rings (SSSR count). The molecule has 1 aliphatic rings. The molecule has 0 amide bonds. The Bertz CT molecular complexity index is 433. The van der Waals surface area contributed by atoms with Crippen LogP contribution in [0.15, 0.2) is 24.3 Å². The Balaban J connectivity index is 2.44. The molecule has 0 atom stereocenters. The molecule has 0 saturated heterocycles. The average molecular weight is 160 g/mol. The normalized spacial score (nSPS) is 15.3. The summed E-state index contributed by atoms with van der Waals surface area (Å²) >= 11 is 0. The van der Waals surface area contributed by atoms with Crippen LogP contribution in [-0.4, -0.2) is 9.55 Å². The van der Waals surface area contributed by atoms with Crippen molar-refractivity contribution in [3.63, 3.8) is 0 Å². The van der Waals surface area contributed by atoms with Crippen LogP contribution in [0, 0.1) is 0 Å². The van der Waals surface area contributed by atoms with E-state index in [1.54, 1.807) is 0 Å². The lowest BCUT2D eigenvalue weighted by Gasteiger charge is -1.94. The molecule has 0 radical (unpaired) electrons. The average Bonchev–Trinajstić information content (AvgIpc) is 2.62. The van der Waals surface area contributed by atoms with Gasteiger partial charge in [-0.2, -0.15) is 0 Å². The fourth-order valence-electron chi connectivity index (χ4n) is 1.61. The number of rotatable bonds is 0. The fourth-order valence-corrected chi connectivity index (χ4v) is 1.61. The predicted octanol–water partition coefficient (Wildman–Crippen LogP) is 1.52. The van der Waals surface area contributed by atoms with Crippen LogP contribution in [0.3, 0.4) is 0 Å². The van der Waals surface area contributed by atoms with E-state index in [1.807, 2.05) is 18.2 Å². The number of aromatic nitrogens is 2. The molecule has 0 unspecified atom stereocenters. The Kier molecular flexibility index (Phi) is 1.07. The second-order valence-corrected chi connectivity index (χ2v) is 2.92. The van der Waals surface area contributed by atoms with Gasteiger partial charge in [-0.25, -0.2) is 4.98 Å². The molecular weight excluding hydrogens is 152 g/mol. The maximum absolute atomic E-state index is 5.26. The smallest absolute Gasteiger partial charge is 0.137 e. The number of fused-ring (bicyclic) bond motifs is 3. The standard InChI is InChI=1S/C9H8N2O/c1-2-4-8-7(3-1)10-9-5-12-6-11(8)9/h1-4H,5-6H2. The third kappa shape index (κ3) is 0.662. The molecule has 3 nitrogen and oxygen atoms in total. The van der Waals surface area contributed by atoms with Gasteiger partial charge in [-0.1, -0.05) is 12.1 Å². The first kappa shape index (κ1) is 6.20. The lowest BCUT2D eigenvalue weighted by atomic mass is 10.3. The van der Waals surface area contributed by atoms with E-state index in [0.29, 0.717) is 13.3 Å². The van der Waals surface area contributed by atoms with Gasteiger partial charge in [0.1, 0.15) is 19.2 Å². The molecule has 60 valence electrons. The molecule has 1 aromatic heterocycles. The Morgan fingerprint density at radius 2 is 2.25 bits per heavy atom. The van der Waals surface area contributed by atoms with Crippen LogP contribution in [0.4, 0.5) is 0 Å². The molecule has 0 N–H and O–H groups in total. The summed E-state index contributed by atoms with van der Waals surface area (Å²) in [6, 6.07) is 8.13. The van der Waals surface area contributed by atoms with E-state index < -0.39 is 0 Å². The minimum atomic E-state index is 0.648. The van der Waals surface area contributed by atoms with Gasteiger partial charge in [0, 0.05) is 0 Å². The highest BCUT2D eigenvalue weighted by molar-refractivity contribution is 5.75. The van der Waals surface area contributed by atoms with E-state index >= 15 is 0 Å². The molecule has 1 aliphatic heterocycles. The maximum Gasteiger partial charge on any atom is 0.137 e. The van der Waals surface area contributed by atoms with E-state index in [4.69, 9.17) is 4.74 Å². The van der Waals surface area contributed by atoms with Gasteiger partial charge in [0.05, 0.1) is 11.0 Å². The molecule has 1 aromatic carbocycles. The van der Waals surface area contributed by atoms with Crippen LogP contribution >= 0.6 is 0 Å². The van der Waals surface area contributed by atoms with Gasteiger partial charge in [0.2, 0.25) is 0 Å². The number of nitrogens with zero attached hydrogens (tertiary/aromatic N) is 2. The Morgan fingerprint density at radius 3 is 3.25 bits per heavy atom. The Labute approximate surface area is 69.6 Å². The van der Waals surface area contributed by atoms with Crippen LogP contribution in [0.1, 0.15) is 5.82 Å². The van der Waals surface area contributed by atoms with Crippen molar-refractivity contribution in [2.45, 2.75) is 13.3 Å². The highest BCUT2D eigenvalue weighted by Gasteiger charge is 2.14. The fraction of sp³-hybridized carbons (Fsp3) is 0.222. The highest BCUT2D eigenvalue weighted by Crippen LogP contribution is 2.20. The first-order chi connectivity index (χ1) is 5.95. The van der Waals surface area contributed by atoms with E-state index in [2.05, 4.69) is 15.6 Å². The zero-order chi connectivity index (χ0) is 7.97. The molecule has 0 aliphatic carbocycles. The highest BCUT2D eigenvalue weighted by atomic mass is 16.5. The first-order valence-corrected chi connectivity index (χ1v) is 3.97. The van der Waals surface area contributed by atoms with Crippen LogP contribution < -0.4 is 0 Å². The van der Waals surface area contributed by atoms with Gasteiger partial charge in [0.15, 0.2) is 0 Å². The lowest BCUT2D eigenvalue weighted by molar-refractivity contribution is 0.110. The Morgan fingerprint density at radius 1 is 1.33 bits per heavy atom. The summed E-state index contributed by atoms with van der Waals surface area (Å²) in [5, 5.41) is 0. The SMILES string of the molecule is c1ccc2c(c1)nc1n2COC1. The third-order valence-electron chi connectivity index (χ3n) is 2.19. The molecule has 2 heterocycles. The molecule has 0 bridgehead atoms. The molecule has 0 fully saturated rings. The number of hydrogen-bond donors (Lipinski definition) is 0. The van der Waals surface area contributed by atoms with Gasteiger partial charge < -0.3 is 9.30 Å².